The number of aromatic carboxylic acids is 1. The molecule has 2 rings (SSSR count). The van der Waals surface area contributed by atoms with Gasteiger partial charge >= 0.3 is 5.97 Å². The maximum atomic E-state index is 12.0. The van der Waals surface area contributed by atoms with Gasteiger partial charge in [0.05, 0.1) is 11.3 Å². The van der Waals surface area contributed by atoms with Gasteiger partial charge in [-0.2, -0.15) is 0 Å². The number of aromatic nitrogens is 1. The molecule has 1 aromatic heterocycles. The van der Waals surface area contributed by atoms with E-state index < -0.39 is 11.9 Å². The Morgan fingerprint density at radius 2 is 1.90 bits per heavy atom. The molecule has 0 aliphatic heterocycles. The minimum absolute atomic E-state index is 0.0110. The van der Waals surface area contributed by atoms with Crippen molar-refractivity contribution in [3.63, 3.8) is 0 Å². The van der Waals surface area contributed by atoms with Crippen molar-refractivity contribution in [2.24, 2.45) is 0 Å². The lowest BCUT2D eigenvalue weighted by molar-refractivity contribution is -0.114. The molecule has 0 unspecified atom stereocenters. The fourth-order valence-corrected chi connectivity index (χ4v) is 2.29. The van der Waals surface area contributed by atoms with Crippen LogP contribution in [0.2, 0.25) is 0 Å². The molecule has 0 saturated carbocycles. The highest BCUT2D eigenvalue weighted by Crippen LogP contribution is 2.19. The zero-order valence-electron chi connectivity index (χ0n) is 10.9. The molecule has 0 saturated heterocycles. The van der Waals surface area contributed by atoms with E-state index in [4.69, 9.17) is 5.11 Å². The SMILES string of the molecule is CC(=O)Nc1nc(C(=O)Nc2ccccc2C(=O)O)cs1. The summed E-state index contributed by atoms with van der Waals surface area (Å²) in [4.78, 5) is 37.9. The highest BCUT2D eigenvalue weighted by atomic mass is 32.1. The number of rotatable bonds is 4. The van der Waals surface area contributed by atoms with Gasteiger partial charge in [0, 0.05) is 12.3 Å². The fourth-order valence-electron chi connectivity index (χ4n) is 1.55. The van der Waals surface area contributed by atoms with E-state index in [1.54, 1.807) is 12.1 Å². The highest BCUT2D eigenvalue weighted by Gasteiger charge is 2.15. The van der Waals surface area contributed by atoms with Gasteiger partial charge in [0.1, 0.15) is 5.69 Å². The average Bonchev–Trinajstić information content (AvgIpc) is 2.86. The van der Waals surface area contributed by atoms with Crippen molar-refractivity contribution in [3.05, 3.63) is 40.9 Å². The lowest BCUT2D eigenvalue weighted by Crippen LogP contribution is -2.15. The normalized spacial score (nSPS) is 9.95. The zero-order chi connectivity index (χ0) is 15.4. The van der Waals surface area contributed by atoms with Gasteiger partial charge in [-0.15, -0.1) is 11.3 Å². The summed E-state index contributed by atoms with van der Waals surface area (Å²) in [6.07, 6.45) is 0. The van der Waals surface area contributed by atoms with Gasteiger partial charge in [-0.05, 0) is 12.1 Å². The van der Waals surface area contributed by atoms with E-state index in [9.17, 15) is 14.4 Å². The van der Waals surface area contributed by atoms with Crippen molar-refractivity contribution >= 4 is 39.9 Å². The molecule has 0 aliphatic rings. The van der Waals surface area contributed by atoms with Crippen molar-refractivity contribution < 1.29 is 19.5 Å². The molecular formula is C13H11N3O4S. The number of carboxylic acids is 1. The number of carbonyl (C=O) groups excluding carboxylic acids is 2. The van der Waals surface area contributed by atoms with E-state index in [0.717, 1.165) is 11.3 Å². The smallest absolute Gasteiger partial charge is 0.337 e. The number of thiazole rings is 1. The van der Waals surface area contributed by atoms with Crippen LogP contribution in [-0.2, 0) is 4.79 Å². The van der Waals surface area contributed by atoms with E-state index in [2.05, 4.69) is 15.6 Å². The van der Waals surface area contributed by atoms with Gasteiger partial charge in [0.15, 0.2) is 5.13 Å². The predicted molar refractivity (Wildman–Crippen MR) is 77.8 cm³/mol. The maximum absolute atomic E-state index is 12.0. The first-order valence-electron chi connectivity index (χ1n) is 5.84. The molecule has 0 aliphatic carbocycles. The second-order valence-electron chi connectivity index (χ2n) is 4.02. The summed E-state index contributed by atoms with van der Waals surface area (Å²) in [6.45, 7) is 1.34. The second-order valence-corrected chi connectivity index (χ2v) is 4.88. The topological polar surface area (TPSA) is 108 Å². The van der Waals surface area contributed by atoms with Gasteiger partial charge in [-0.1, -0.05) is 12.1 Å². The minimum atomic E-state index is -1.14. The van der Waals surface area contributed by atoms with E-state index in [1.807, 2.05) is 0 Å². The third-order valence-electron chi connectivity index (χ3n) is 2.43. The third-order valence-corrected chi connectivity index (χ3v) is 3.18. The number of nitrogens with one attached hydrogen (secondary N) is 2. The van der Waals surface area contributed by atoms with E-state index in [-0.39, 0.29) is 22.9 Å². The summed E-state index contributed by atoms with van der Waals surface area (Å²) >= 11 is 1.11. The number of carboxylic acid groups (broad SMARTS) is 1. The molecule has 2 aromatic rings. The van der Waals surface area contributed by atoms with Gasteiger partial charge in [0.25, 0.3) is 5.91 Å². The van der Waals surface area contributed by atoms with Gasteiger partial charge in [-0.3, -0.25) is 9.59 Å². The highest BCUT2D eigenvalue weighted by molar-refractivity contribution is 7.14. The van der Waals surface area contributed by atoms with Crippen LogP contribution in [0.4, 0.5) is 10.8 Å². The van der Waals surface area contributed by atoms with Crippen molar-refractivity contribution in [2.75, 3.05) is 10.6 Å². The van der Waals surface area contributed by atoms with E-state index >= 15 is 0 Å². The maximum Gasteiger partial charge on any atom is 0.337 e. The van der Waals surface area contributed by atoms with Crippen LogP contribution in [-0.4, -0.2) is 27.9 Å². The predicted octanol–water partition coefficient (Wildman–Crippen LogP) is 2.05. The lowest BCUT2D eigenvalue weighted by Gasteiger charge is -2.06. The summed E-state index contributed by atoms with van der Waals surface area (Å²) in [7, 11) is 0. The standard InChI is InChI=1S/C13H11N3O4S/c1-7(17)14-13-16-10(6-21-13)11(18)15-9-5-3-2-4-8(9)12(19)20/h2-6H,1H3,(H,15,18)(H,19,20)(H,14,16,17). The van der Waals surface area contributed by atoms with Crippen molar-refractivity contribution in [1.29, 1.82) is 0 Å². The lowest BCUT2D eigenvalue weighted by atomic mass is 10.2. The fraction of sp³-hybridized carbons (Fsp3) is 0.0769. The Morgan fingerprint density at radius 1 is 1.19 bits per heavy atom. The molecule has 21 heavy (non-hydrogen) atoms. The Morgan fingerprint density at radius 3 is 2.57 bits per heavy atom. The molecule has 0 fully saturated rings. The Hall–Kier alpha value is -2.74. The molecule has 7 nitrogen and oxygen atoms in total. The summed E-state index contributed by atoms with van der Waals surface area (Å²) in [6, 6.07) is 6.06. The Bertz CT molecular complexity index is 711. The number of hydrogen-bond acceptors (Lipinski definition) is 5. The van der Waals surface area contributed by atoms with E-state index in [0.29, 0.717) is 5.13 Å². The van der Waals surface area contributed by atoms with Crippen LogP contribution in [0.1, 0.15) is 27.8 Å². The number of benzene rings is 1. The second kappa shape index (κ2) is 6.14. The minimum Gasteiger partial charge on any atom is -0.478 e. The van der Waals surface area contributed by atoms with E-state index in [1.165, 1.54) is 24.4 Å². The Labute approximate surface area is 123 Å². The molecule has 0 atom stereocenters. The summed E-state index contributed by atoms with van der Waals surface area (Å²) in [5.41, 5.74) is 0.274. The number of amides is 2. The first-order chi connectivity index (χ1) is 9.97. The van der Waals surface area contributed by atoms with Crippen molar-refractivity contribution in [2.45, 2.75) is 6.92 Å². The van der Waals surface area contributed by atoms with Gasteiger partial charge < -0.3 is 15.7 Å². The molecule has 1 heterocycles. The molecule has 0 bridgehead atoms. The Balaban J connectivity index is 2.17. The molecule has 108 valence electrons. The summed E-state index contributed by atoms with van der Waals surface area (Å²) in [5, 5.41) is 15.8. The van der Waals surface area contributed by atoms with Crippen molar-refractivity contribution in [3.8, 4) is 0 Å². The third kappa shape index (κ3) is 3.63. The number of carbonyl (C=O) groups is 3. The van der Waals surface area contributed by atoms with Crippen LogP contribution in [0, 0.1) is 0 Å². The largest absolute Gasteiger partial charge is 0.478 e. The first kappa shape index (κ1) is 14.7. The Kier molecular flexibility index (Phi) is 4.29. The van der Waals surface area contributed by atoms with Crippen LogP contribution in [0.15, 0.2) is 29.6 Å². The summed E-state index contributed by atoms with van der Waals surface area (Å²) in [5.74, 6) is -1.97. The molecule has 0 radical (unpaired) electrons. The van der Waals surface area contributed by atoms with Crippen LogP contribution < -0.4 is 10.6 Å². The van der Waals surface area contributed by atoms with Gasteiger partial charge in [0.2, 0.25) is 5.91 Å². The number of hydrogen-bond donors (Lipinski definition) is 3. The number of para-hydroxylation sites is 1. The summed E-state index contributed by atoms with van der Waals surface area (Å²) < 4.78 is 0. The zero-order valence-corrected chi connectivity index (χ0v) is 11.7. The monoisotopic (exact) mass is 305 g/mol. The molecule has 0 spiro atoms. The molecule has 2 amide bonds. The van der Waals surface area contributed by atoms with Crippen molar-refractivity contribution in [1.82, 2.24) is 4.98 Å². The molecule has 3 N–H and O–H groups in total. The van der Waals surface area contributed by atoms with Crippen LogP contribution in [0.25, 0.3) is 0 Å². The molecule has 1 aromatic carbocycles. The average molecular weight is 305 g/mol. The number of nitrogens with zero attached hydrogens (tertiary/aromatic N) is 1. The molecular weight excluding hydrogens is 294 g/mol. The quantitative estimate of drug-likeness (QED) is 0.801. The van der Waals surface area contributed by atoms with Crippen LogP contribution in [0.3, 0.4) is 0 Å². The van der Waals surface area contributed by atoms with Crippen LogP contribution >= 0.6 is 11.3 Å². The first-order valence-corrected chi connectivity index (χ1v) is 6.72. The van der Waals surface area contributed by atoms with Crippen LogP contribution in [0.5, 0.6) is 0 Å². The van der Waals surface area contributed by atoms with Gasteiger partial charge in [-0.25, -0.2) is 9.78 Å². The number of anilines is 2. The molecule has 8 heteroatoms.